The van der Waals surface area contributed by atoms with Gasteiger partial charge in [-0.05, 0) is 62.4 Å². The van der Waals surface area contributed by atoms with Crippen LogP contribution in [0.15, 0.2) is 24.3 Å². The number of hydrogen-bond acceptors (Lipinski definition) is 3. The number of halogens is 1. The van der Waals surface area contributed by atoms with E-state index in [0.29, 0.717) is 5.92 Å². The number of fused-ring (bicyclic) bond motifs is 3. The lowest BCUT2D eigenvalue weighted by Gasteiger charge is -2.45. The number of ether oxygens (including phenoxy) is 1. The smallest absolute Gasteiger partial charge is 0.316 e. The van der Waals surface area contributed by atoms with Crippen molar-refractivity contribution in [2.75, 3.05) is 19.6 Å². The fourth-order valence-corrected chi connectivity index (χ4v) is 5.02. The Bertz CT molecular complexity index is 616. The normalized spacial score (nSPS) is 31.3. The van der Waals surface area contributed by atoms with Gasteiger partial charge >= 0.3 is 5.97 Å². The quantitative estimate of drug-likeness (QED) is 0.611. The van der Waals surface area contributed by atoms with E-state index >= 15 is 0 Å². The Morgan fingerprint density at radius 3 is 2.44 bits per heavy atom. The molecule has 0 amide bonds. The average Bonchev–Trinajstić information content (AvgIpc) is 2.90. The molecule has 2 bridgehead atoms. The summed E-state index contributed by atoms with van der Waals surface area (Å²) in [5, 5.41) is 0. The molecule has 4 aliphatic rings. The first kappa shape index (κ1) is 17.0. The fourth-order valence-electron chi connectivity index (χ4n) is 5.02. The molecule has 3 aliphatic heterocycles. The van der Waals surface area contributed by atoms with Crippen LogP contribution in [0, 0.1) is 11.7 Å². The number of nitrogens with zero attached hydrogens (tertiary/aromatic N) is 1. The number of carbonyl (C=O) groups excluding carboxylic acids is 1. The summed E-state index contributed by atoms with van der Waals surface area (Å²) in [6, 6.07) is 6.63. The van der Waals surface area contributed by atoms with Gasteiger partial charge in [-0.3, -0.25) is 9.69 Å². The van der Waals surface area contributed by atoms with Crippen molar-refractivity contribution < 1.29 is 13.9 Å². The monoisotopic (exact) mass is 345 g/mol. The Labute approximate surface area is 149 Å². The van der Waals surface area contributed by atoms with Crippen LogP contribution in [0.2, 0.25) is 0 Å². The molecule has 0 radical (unpaired) electrons. The highest BCUT2D eigenvalue weighted by molar-refractivity contribution is 5.83. The molecule has 25 heavy (non-hydrogen) atoms. The third-order valence-electron chi connectivity index (χ3n) is 6.58. The van der Waals surface area contributed by atoms with E-state index < -0.39 is 5.41 Å². The highest BCUT2D eigenvalue weighted by Gasteiger charge is 2.45. The van der Waals surface area contributed by atoms with Crippen LogP contribution in [0.1, 0.15) is 56.9 Å². The highest BCUT2D eigenvalue weighted by atomic mass is 19.1. The summed E-state index contributed by atoms with van der Waals surface area (Å²) in [5.74, 6) is 0.125. The topological polar surface area (TPSA) is 29.5 Å². The minimum atomic E-state index is -0.662. The Morgan fingerprint density at radius 1 is 1.12 bits per heavy atom. The molecule has 1 aliphatic carbocycles. The van der Waals surface area contributed by atoms with Gasteiger partial charge in [0.15, 0.2) is 0 Å². The molecule has 3 nitrogen and oxygen atoms in total. The van der Waals surface area contributed by atoms with Crippen LogP contribution in [0.5, 0.6) is 0 Å². The van der Waals surface area contributed by atoms with Crippen LogP contribution < -0.4 is 0 Å². The Balaban J connectivity index is 1.60. The lowest BCUT2D eigenvalue weighted by molar-refractivity contribution is -0.166. The van der Waals surface area contributed by atoms with Gasteiger partial charge in [0, 0.05) is 6.54 Å². The predicted octanol–water partition coefficient (Wildman–Crippen LogP) is 4.06. The number of carbonyl (C=O) groups is 1. The van der Waals surface area contributed by atoms with Crippen molar-refractivity contribution >= 4 is 5.97 Å². The van der Waals surface area contributed by atoms with Crippen molar-refractivity contribution in [1.29, 1.82) is 0 Å². The van der Waals surface area contributed by atoms with E-state index in [9.17, 15) is 9.18 Å². The molecule has 0 spiro atoms. The first-order valence-electron chi connectivity index (χ1n) is 9.87. The molecule has 3 saturated heterocycles. The largest absolute Gasteiger partial charge is 0.460 e. The summed E-state index contributed by atoms with van der Waals surface area (Å²) in [4.78, 5) is 15.8. The van der Waals surface area contributed by atoms with E-state index in [1.54, 1.807) is 12.1 Å². The van der Waals surface area contributed by atoms with Crippen LogP contribution in [0.3, 0.4) is 0 Å². The number of esters is 1. The minimum absolute atomic E-state index is 0.0173. The molecule has 1 saturated carbocycles. The van der Waals surface area contributed by atoms with Gasteiger partial charge in [-0.25, -0.2) is 4.39 Å². The van der Waals surface area contributed by atoms with Crippen LogP contribution in [0.4, 0.5) is 4.39 Å². The van der Waals surface area contributed by atoms with E-state index in [0.717, 1.165) is 76.6 Å². The van der Waals surface area contributed by atoms with Gasteiger partial charge in [0.25, 0.3) is 0 Å². The number of rotatable bonds is 3. The van der Waals surface area contributed by atoms with Crippen LogP contribution in [-0.4, -0.2) is 36.6 Å². The number of hydrogen-bond donors (Lipinski definition) is 0. The fraction of sp³-hybridized carbons (Fsp3) is 0.667. The number of benzene rings is 1. The standard InChI is InChI=1S/C21H28FNO2/c22-18-7-5-6-17(14-18)21(10-3-1-2-4-11-21)20(24)25-19-15-23-12-8-16(19)9-13-23/h5-7,14,16,19H,1-4,8-13,15H2/t19-/m0/s1. The second-order valence-corrected chi connectivity index (χ2v) is 8.09. The van der Waals surface area contributed by atoms with Gasteiger partial charge < -0.3 is 4.74 Å². The lowest BCUT2D eigenvalue weighted by atomic mass is 9.74. The van der Waals surface area contributed by atoms with Crippen molar-refractivity contribution in [3.8, 4) is 0 Å². The Kier molecular flexibility index (Phi) is 4.81. The third-order valence-corrected chi connectivity index (χ3v) is 6.58. The molecular formula is C21H28FNO2. The van der Waals surface area contributed by atoms with Crippen molar-refractivity contribution in [2.24, 2.45) is 5.92 Å². The van der Waals surface area contributed by atoms with Crippen molar-refractivity contribution in [2.45, 2.75) is 62.9 Å². The van der Waals surface area contributed by atoms with Gasteiger partial charge in [0.1, 0.15) is 11.9 Å². The molecule has 1 aromatic carbocycles. The second kappa shape index (κ2) is 7.06. The maximum absolute atomic E-state index is 13.9. The zero-order valence-electron chi connectivity index (χ0n) is 14.9. The maximum atomic E-state index is 13.9. The maximum Gasteiger partial charge on any atom is 0.316 e. The molecule has 136 valence electrons. The van der Waals surface area contributed by atoms with Crippen molar-refractivity contribution in [3.05, 3.63) is 35.6 Å². The molecule has 1 aromatic rings. The van der Waals surface area contributed by atoms with Gasteiger partial charge in [0.2, 0.25) is 0 Å². The molecule has 0 aromatic heterocycles. The summed E-state index contributed by atoms with van der Waals surface area (Å²) in [5.41, 5.74) is 0.144. The first-order chi connectivity index (χ1) is 12.2. The van der Waals surface area contributed by atoms with Crippen molar-refractivity contribution in [1.82, 2.24) is 4.90 Å². The highest BCUT2D eigenvalue weighted by Crippen LogP contribution is 2.41. The number of piperidine rings is 3. The molecule has 4 fully saturated rings. The lowest BCUT2D eigenvalue weighted by Crippen LogP contribution is -2.53. The Hall–Kier alpha value is -1.42. The summed E-state index contributed by atoms with van der Waals surface area (Å²) in [7, 11) is 0. The van der Waals surface area contributed by atoms with Crippen LogP contribution in [0.25, 0.3) is 0 Å². The molecule has 1 atom stereocenters. The molecule has 3 heterocycles. The van der Waals surface area contributed by atoms with Gasteiger partial charge in [-0.2, -0.15) is 0 Å². The SMILES string of the molecule is O=C(O[C@H]1CN2CCC1CC2)C1(c2cccc(F)c2)CCCCCC1. The van der Waals surface area contributed by atoms with E-state index in [-0.39, 0.29) is 17.9 Å². The molecule has 5 rings (SSSR count). The zero-order valence-corrected chi connectivity index (χ0v) is 14.9. The average molecular weight is 345 g/mol. The molecular weight excluding hydrogens is 317 g/mol. The summed E-state index contributed by atoms with van der Waals surface area (Å²) < 4.78 is 20.0. The van der Waals surface area contributed by atoms with Crippen molar-refractivity contribution in [3.63, 3.8) is 0 Å². The van der Waals surface area contributed by atoms with Gasteiger partial charge in [0.05, 0.1) is 5.41 Å². The minimum Gasteiger partial charge on any atom is -0.460 e. The van der Waals surface area contributed by atoms with E-state index in [4.69, 9.17) is 4.74 Å². The van der Waals surface area contributed by atoms with Crippen LogP contribution >= 0.6 is 0 Å². The van der Waals surface area contributed by atoms with Gasteiger partial charge in [-0.1, -0.05) is 37.8 Å². The van der Waals surface area contributed by atoms with E-state index in [1.165, 1.54) is 6.07 Å². The summed E-state index contributed by atoms with van der Waals surface area (Å²) in [6.45, 7) is 3.14. The van der Waals surface area contributed by atoms with E-state index in [1.807, 2.05) is 6.07 Å². The summed E-state index contributed by atoms with van der Waals surface area (Å²) in [6.07, 6.45) is 8.12. The molecule has 0 unspecified atom stereocenters. The predicted molar refractivity (Wildman–Crippen MR) is 94.8 cm³/mol. The zero-order chi connectivity index (χ0) is 17.3. The Morgan fingerprint density at radius 2 is 1.84 bits per heavy atom. The van der Waals surface area contributed by atoms with E-state index in [2.05, 4.69) is 4.90 Å². The molecule has 0 N–H and O–H groups in total. The van der Waals surface area contributed by atoms with Gasteiger partial charge in [-0.15, -0.1) is 0 Å². The summed E-state index contributed by atoms with van der Waals surface area (Å²) >= 11 is 0. The third kappa shape index (κ3) is 3.33. The second-order valence-electron chi connectivity index (χ2n) is 8.09. The van der Waals surface area contributed by atoms with Crippen LogP contribution in [-0.2, 0) is 14.9 Å². The first-order valence-corrected chi connectivity index (χ1v) is 9.87. The molecule has 4 heteroatoms.